The van der Waals surface area contributed by atoms with Gasteiger partial charge < -0.3 is 19.6 Å². The summed E-state index contributed by atoms with van der Waals surface area (Å²) in [5.74, 6) is -1.96. The van der Waals surface area contributed by atoms with E-state index in [9.17, 15) is 19.5 Å². The summed E-state index contributed by atoms with van der Waals surface area (Å²) >= 11 is 5.39. The van der Waals surface area contributed by atoms with Crippen molar-refractivity contribution in [2.45, 2.75) is 60.4 Å². The number of unbranched alkanes of at least 4 members (excludes halogenated alkanes) is 1. The highest BCUT2D eigenvalue weighted by Gasteiger charge is 2.76. The Morgan fingerprint density at radius 3 is 2.61 bits per heavy atom. The van der Waals surface area contributed by atoms with E-state index in [1.165, 1.54) is 0 Å². The van der Waals surface area contributed by atoms with Gasteiger partial charge in [0.2, 0.25) is 5.91 Å². The molecule has 3 unspecified atom stereocenters. The Balaban J connectivity index is 1.77. The number of likely N-dealkylation sites (tertiary alicyclic amines) is 1. The molecule has 6 atom stereocenters. The Bertz CT molecular complexity index is 1090. The molecule has 3 aliphatic rings. The van der Waals surface area contributed by atoms with Crippen LogP contribution in [0, 0.1) is 25.7 Å². The zero-order chi connectivity index (χ0) is 27.6. The first kappa shape index (κ1) is 28.9. The number of carbonyl (C=O) groups is 3. The van der Waals surface area contributed by atoms with E-state index in [-0.39, 0.29) is 41.1 Å². The van der Waals surface area contributed by atoms with Gasteiger partial charge >= 0.3 is 5.97 Å². The number of thioether (sulfide) groups is 1. The predicted molar refractivity (Wildman–Crippen MR) is 154 cm³/mol. The van der Waals surface area contributed by atoms with Crippen LogP contribution in [0.2, 0.25) is 0 Å². The first-order valence-corrected chi connectivity index (χ1v) is 15.0. The van der Waals surface area contributed by atoms with Crippen LogP contribution in [0.25, 0.3) is 0 Å². The standard InChI is InChI=1S/C29H37BrN2O5S/c1-5-7-16-37-28(36)21-22-26(34)32(14-8-9-15-33)25(29(22)17-20(30)24(21)38-29)27(35)31(13-6-2)23-18(3)11-10-12-19(23)4/h5-6,10-12,20-22,24-25,33H,1-2,7-9,13-17H2,3-4H3/t20?,21-,22-,24-,25?,29?/m0/s1. The van der Waals surface area contributed by atoms with Crippen LogP contribution in [0.3, 0.4) is 0 Å². The van der Waals surface area contributed by atoms with Gasteiger partial charge in [-0.05, 0) is 50.7 Å². The van der Waals surface area contributed by atoms with E-state index in [1.54, 1.807) is 33.7 Å². The van der Waals surface area contributed by atoms with Gasteiger partial charge in [0.1, 0.15) is 6.04 Å². The minimum Gasteiger partial charge on any atom is -0.465 e. The molecule has 206 valence electrons. The summed E-state index contributed by atoms with van der Waals surface area (Å²) in [4.78, 5) is 45.5. The molecule has 1 N–H and O–H groups in total. The zero-order valence-electron chi connectivity index (χ0n) is 22.1. The fourth-order valence-corrected chi connectivity index (χ4v) is 10.0. The van der Waals surface area contributed by atoms with E-state index < -0.39 is 22.6 Å². The number of carbonyl (C=O) groups excluding carboxylic acids is 3. The third-order valence-corrected chi connectivity index (χ3v) is 11.2. The number of esters is 1. The molecule has 3 fully saturated rings. The first-order chi connectivity index (χ1) is 18.2. The highest BCUT2D eigenvalue weighted by Crippen LogP contribution is 2.68. The van der Waals surface area contributed by atoms with Crippen LogP contribution >= 0.6 is 27.7 Å². The minimum atomic E-state index is -0.746. The molecule has 0 aromatic heterocycles. The molecule has 0 saturated carbocycles. The number of amides is 2. The number of aliphatic hydroxyl groups is 1. The Hall–Kier alpha value is -2.10. The van der Waals surface area contributed by atoms with Gasteiger partial charge in [-0.2, -0.15) is 0 Å². The normalized spacial score (nSPS) is 29.3. The number of alkyl halides is 1. The lowest BCUT2D eigenvalue weighted by atomic mass is 9.71. The summed E-state index contributed by atoms with van der Waals surface area (Å²) in [7, 11) is 0. The molecule has 0 radical (unpaired) electrons. The number of halogens is 1. The maximum Gasteiger partial charge on any atom is 0.310 e. The van der Waals surface area contributed by atoms with E-state index in [4.69, 9.17) is 4.74 Å². The van der Waals surface area contributed by atoms with E-state index in [0.29, 0.717) is 38.8 Å². The molecule has 4 rings (SSSR count). The van der Waals surface area contributed by atoms with Crippen molar-refractivity contribution in [3.8, 4) is 0 Å². The maximum absolute atomic E-state index is 14.6. The monoisotopic (exact) mass is 604 g/mol. The van der Waals surface area contributed by atoms with Crippen LogP contribution in [0.4, 0.5) is 5.69 Å². The predicted octanol–water partition coefficient (Wildman–Crippen LogP) is 4.18. The van der Waals surface area contributed by atoms with Gasteiger partial charge in [-0.1, -0.05) is 46.3 Å². The summed E-state index contributed by atoms with van der Waals surface area (Å²) in [6.45, 7) is 12.4. The summed E-state index contributed by atoms with van der Waals surface area (Å²) < 4.78 is 4.83. The highest BCUT2D eigenvalue weighted by molar-refractivity contribution is 9.09. The number of aryl methyl sites for hydroxylation is 2. The van der Waals surface area contributed by atoms with Crippen LogP contribution in [-0.4, -0.2) is 75.0 Å². The molecule has 3 heterocycles. The molecular weight excluding hydrogens is 568 g/mol. The number of rotatable bonds is 12. The fraction of sp³-hybridized carbons (Fsp3) is 0.552. The lowest BCUT2D eigenvalue weighted by Gasteiger charge is -2.38. The van der Waals surface area contributed by atoms with E-state index >= 15 is 0 Å². The largest absolute Gasteiger partial charge is 0.465 e. The first-order valence-electron chi connectivity index (χ1n) is 13.2. The van der Waals surface area contributed by atoms with Crippen molar-refractivity contribution >= 4 is 51.2 Å². The number of ether oxygens (including phenoxy) is 1. The van der Waals surface area contributed by atoms with Crippen LogP contribution in [0.5, 0.6) is 0 Å². The van der Waals surface area contributed by atoms with Crippen LogP contribution in [0.15, 0.2) is 43.5 Å². The topological polar surface area (TPSA) is 87.1 Å². The van der Waals surface area contributed by atoms with Gasteiger partial charge in [0, 0.05) is 35.5 Å². The van der Waals surface area contributed by atoms with E-state index in [0.717, 1.165) is 16.8 Å². The van der Waals surface area contributed by atoms with Crippen LogP contribution < -0.4 is 4.90 Å². The Kier molecular flexibility index (Phi) is 9.10. The molecule has 3 saturated heterocycles. The average molecular weight is 606 g/mol. The van der Waals surface area contributed by atoms with Crippen molar-refractivity contribution < 1.29 is 24.2 Å². The molecule has 1 spiro atoms. The summed E-state index contributed by atoms with van der Waals surface area (Å²) in [5.41, 5.74) is 2.76. The van der Waals surface area contributed by atoms with Gasteiger partial charge in [0.15, 0.2) is 0 Å². The smallest absolute Gasteiger partial charge is 0.310 e. The van der Waals surface area contributed by atoms with Gasteiger partial charge in [-0.25, -0.2) is 0 Å². The molecule has 1 aromatic rings. The van der Waals surface area contributed by atoms with Crippen molar-refractivity contribution in [1.82, 2.24) is 4.90 Å². The second-order valence-electron chi connectivity index (χ2n) is 10.3. The van der Waals surface area contributed by atoms with Crippen molar-refractivity contribution in [2.75, 3.05) is 31.2 Å². The molecule has 2 amide bonds. The molecule has 1 aromatic carbocycles. The van der Waals surface area contributed by atoms with E-state index in [2.05, 4.69) is 29.1 Å². The van der Waals surface area contributed by atoms with Crippen LogP contribution in [0.1, 0.15) is 36.8 Å². The summed E-state index contributed by atoms with van der Waals surface area (Å²) in [5, 5.41) is 9.25. The molecule has 7 nitrogen and oxygen atoms in total. The third-order valence-electron chi connectivity index (χ3n) is 7.96. The summed E-state index contributed by atoms with van der Waals surface area (Å²) in [6, 6.07) is 5.18. The number of fused-ring (bicyclic) bond motifs is 1. The second kappa shape index (κ2) is 12.0. The van der Waals surface area contributed by atoms with Crippen molar-refractivity contribution in [2.24, 2.45) is 11.8 Å². The van der Waals surface area contributed by atoms with Gasteiger partial charge in [-0.15, -0.1) is 24.9 Å². The Labute approximate surface area is 237 Å². The van der Waals surface area contributed by atoms with E-state index in [1.807, 2.05) is 32.0 Å². The average Bonchev–Trinajstić information content (AvgIpc) is 3.47. The quantitative estimate of drug-likeness (QED) is 0.167. The lowest BCUT2D eigenvalue weighted by Crippen LogP contribution is -2.56. The van der Waals surface area contributed by atoms with Crippen LogP contribution in [-0.2, 0) is 19.1 Å². The number of hydrogen-bond donors (Lipinski definition) is 1. The molecule has 3 aliphatic heterocycles. The SMILES string of the molecule is C=CCCOC(=O)[C@H]1[C@H]2C(=O)N(CCCCO)C(C(=O)N(CC=C)c3c(C)cccc3C)C23CC(Br)[C@@H]1S3. The number of anilines is 1. The van der Waals surface area contributed by atoms with Gasteiger partial charge in [0.05, 0.1) is 23.2 Å². The Morgan fingerprint density at radius 2 is 1.97 bits per heavy atom. The third kappa shape index (κ3) is 4.86. The fourth-order valence-electron chi connectivity index (χ4n) is 6.45. The zero-order valence-corrected chi connectivity index (χ0v) is 24.5. The van der Waals surface area contributed by atoms with Crippen molar-refractivity contribution in [3.05, 3.63) is 54.6 Å². The molecule has 38 heavy (non-hydrogen) atoms. The molecule has 0 aliphatic carbocycles. The lowest BCUT2D eigenvalue weighted by molar-refractivity contribution is -0.154. The number of nitrogens with zero attached hydrogens (tertiary/aromatic N) is 2. The molecule has 2 bridgehead atoms. The number of para-hydroxylation sites is 1. The number of hydrogen-bond acceptors (Lipinski definition) is 6. The molecular formula is C29H37BrN2O5S. The van der Waals surface area contributed by atoms with Crippen molar-refractivity contribution in [1.29, 1.82) is 0 Å². The number of aliphatic hydroxyl groups excluding tert-OH is 1. The van der Waals surface area contributed by atoms with Crippen molar-refractivity contribution in [3.63, 3.8) is 0 Å². The highest BCUT2D eigenvalue weighted by atomic mass is 79.9. The Morgan fingerprint density at radius 1 is 1.26 bits per heavy atom. The summed E-state index contributed by atoms with van der Waals surface area (Å²) in [6.07, 6.45) is 5.64. The minimum absolute atomic E-state index is 0.0127. The number of benzene rings is 1. The molecule has 9 heteroatoms. The maximum atomic E-state index is 14.6. The van der Waals surface area contributed by atoms with Gasteiger partial charge in [-0.3, -0.25) is 14.4 Å². The second-order valence-corrected chi connectivity index (χ2v) is 13.1. The van der Waals surface area contributed by atoms with Gasteiger partial charge in [0.25, 0.3) is 5.91 Å².